The summed E-state index contributed by atoms with van der Waals surface area (Å²) in [6.45, 7) is 7.93. The van der Waals surface area contributed by atoms with Crippen LogP contribution in [0.3, 0.4) is 0 Å². The molecule has 4 nitrogen and oxygen atoms in total. The second-order valence-corrected chi connectivity index (χ2v) is 5.86. The zero-order valence-electron chi connectivity index (χ0n) is 14.2. The molecule has 1 aliphatic rings. The lowest BCUT2D eigenvalue weighted by Gasteiger charge is -2.35. The van der Waals surface area contributed by atoms with Gasteiger partial charge < -0.3 is 9.47 Å². The zero-order valence-corrected chi connectivity index (χ0v) is 14.2. The first kappa shape index (κ1) is 18.5. The minimum atomic E-state index is -1.26. The number of carbonyl (C=O) groups excluding carboxylic acids is 2. The van der Waals surface area contributed by atoms with Gasteiger partial charge in [-0.15, -0.1) is 0 Å². The van der Waals surface area contributed by atoms with Gasteiger partial charge in [-0.2, -0.15) is 0 Å². The summed E-state index contributed by atoms with van der Waals surface area (Å²) in [6, 6.07) is 0. The normalized spacial score (nSPS) is 17.7. The van der Waals surface area contributed by atoms with Crippen molar-refractivity contribution in [3.63, 3.8) is 0 Å². The Morgan fingerprint density at radius 1 is 1.18 bits per heavy atom. The summed E-state index contributed by atoms with van der Waals surface area (Å²) < 4.78 is 10.5. The van der Waals surface area contributed by atoms with Crippen molar-refractivity contribution in [2.75, 3.05) is 13.2 Å². The molecule has 0 fully saturated rings. The van der Waals surface area contributed by atoms with E-state index >= 15 is 0 Å². The summed E-state index contributed by atoms with van der Waals surface area (Å²) in [5.74, 6) is -1.11. The molecule has 0 radical (unpaired) electrons. The molecule has 0 heterocycles. The van der Waals surface area contributed by atoms with E-state index in [0.29, 0.717) is 6.42 Å². The largest absolute Gasteiger partial charge is 0.465 e. The van der Waals surface area contributed by atoms with Gasteiger partial charge in [-0.1, -0.05) is 23.8 Å². The molecule has 0 aliphatic heterocycles. The smallest absolute Gasteiger partial charge is 0.324 e. The van der Waals surface area contributed by atoms with Gasteiger partial charge in [-0.3, -0.25) is 9.59 Å². The van der Waals surface area contributed by atoms with Crippen molar-refractivity contribution in [3.8, 4) is 0 Å². The van der Waals surface area contributed by atoms with Crippen LogP contribution in [0.1, 0.15) is 53.4 Å². The molecule has 0 bridgehead atoms. The Morgan fingerprint density at radius 3 is 2.18 bits per heavy atom. The van der Waals surface area contributed by atoms with Crippen molar-refractivity contribution in [2.45, 2.75) is 53.4 Å². The average Bonchev–Trinajstić information content (AvgIpc) is 2.49. The Bertz CT molecular complexity index is 426. The first-order valence-corrected chi connectivity index (χ1v) is 8.13. The number of hydrogen-bond donors (Lipinski definition) is 0. The van der Waals surface area contributed by atoms with Crippen LogP contribution >= 0.6 is 0 Å². The van der Waals surface area contributed by atoms with Crippen LogP contribution in [0.5, 0.6) is 0 Å². The maximum Gasteiger partial charge on any atom is 0.324 e. The molecule has 1 unspecified atom stereocenters. The molecule has 0 aromatic heterocycles. The minimum Gasteiger partial charge on any atom is -0.465 e. The van der Waals surface area contributed by atoms with E-state index in [0.717, 1.165) is 24.8 Å². The van der Waals surface area contributed by atoms with E-state index in [4.69, 9.17) is 9.47 Å². The lowest BCUT2D eigenvalue weighted by atomic mass is 9.68. The van der Waals surface area contributed by atoms with Gasteiger partial charge in [-0.25, -0.2) is 0 Å². The number of esters is 2. The van der Waals surface area contributed by atoms with Crippen molar-refractivity contribution < 1.29 is 19.1 Å². The highest BCUT2D eigenvalue weighted by molar-refractivity contribution is 6.01. The van der Waals surface area contributed by atoms with Gasteiger partial charge in [-0.05, 0) is 53.4 Å². The fourth-order valence-electron chi connectivity index (χ4n) is 2.81. The molecule has 0 saturated carbocycles. The van der Waals surface area contributed by atoms with Gasteiger partial charge in [0.2, 0.25) is 0 Å². The summed E-state index contributed by atoms with van der Waals surface area (Å²) in [5, 5.41) is 0. The summed E-state index contributed by atoms with van der Waals surface area (Å²) in [5.41, 5.74) is -0.196. The standard InChI is InChI=1S/C18H28O4/c1-5-21-16(19)18(13-12-14(3)4,17(20)22-6-2)15-10-8-7-9-11-15/h8,10,12,15H,5-7,9,11,13H2,1-4H3. The number of carbonyl (C=O) groups is 2. The third kappa shape index (κ3) is 4.21. The highest BCUT2D eigenvalue weighted by atomic mass is 16.6. The third-order valence-corrected chi connectivity index (χ3v) is 4.00. The van der Waals surface area contributed by atoms with Gasteiger partial charge >= 0.3 is 11.9 Å². The Morgan fingerprint density at radius 2 is 1.77 bits per heavy atom. The molecule has 0 saturated heterocycles. The first-order valence-electron chi connectivity index (χ1n) is 8.13. The quantitative estimate of drug-likeness (QED) is 0.408. The third-order valence-electron chi connectivity index (χ3n) is 4.00. The van der Waals surface area contributed by atoms with E-state index < -0.39 is 17.4 Å². The van der Waals surface area contributed by atoms with E-state index in [1.54, 1.807) is 13.8 Å². The fourth-order valence-corrected chi connectivity index (χ4v) is 2.81. The molecule has 0 spiro atoms. The van der Waals surface area contributed by atoms with Crippen LogP contribution in [0.25, 0.3) is 0 Å². The monoisotopic (exact) mass is 308 g/mol. The second kappa shape index (κ2) is 8.76. The summed E-state index contributed by atoms with van der Waals surface area (Å²) >= 11 is 0. The van der Waals surface area contributed by atoms with Crippen LogP contribution in [0.15, 0.2) is 23.8 Å². The van der Waals surface area contributed by atoms with Gasteiger partial charge in [0.15, 0.2) is 5.41 Å². The van der Waals surface area contributed by atoms with Crippen molar-refractivity contribution in [1.82, 2.24) is 0 Å². The predicted molar refractivity (Wildman–Crippen MR) is 86.2 cm³/mol. The molecule has 1 aliphatic carbocycles. The van der Waals surface area contributed by atoms with Crippen LogP contribution in [-0.2, 0) is 19.1 Å². The molecule has 0 N–H and O–H groups in total. The van der Waals surface area contributed by atoms with Gasteiger partial charge in [0, 0.05) is 5.92 Å². The van der Waals surface area contributed by atoms with Crippen molar-refractivity contribution in [1.29, 1.82) is 0 Å². The van der Waals surface area contributed by atoms with Crippen LogP contribution in [0.2, 0.25) is 0 Å². The van der Waals surface area contributed by atoms with E-state index in [-0.39, 0.29) is 19.1 Å². The Kier molecular flexibility index (Phi) is 7.36. The Hall–Kier alpha value is -1.58. The van der Waals surface area contributed by atoms with Gasteiger partial charge in [0.25, 0.3) is 0 Å². The molecule has 124 valence electrons. The SMILES string of the molecule is CCOC(=O)C(CC=C(C)C)(C(=O)OCC)C1C=CCCC1. The van der Waals surface area contributed by atoms with E-state index in [1.807, 2.05) is 32.1 Å². The molecular formula is C18H28O4. The number of ether oxygens (including phenoxy) is 2. The maximum atomic E-state index is 12.7. The molecule has 1 atom stereocenters. The number of rotatable bonds is 7. The molecule has 0 aromatic carbocycles. The fraction of sp³-hybridized carbons (Fsp3) is 0.667. The van der Waals surface area contributed by atoms with Crippen LogP contribution < -0.4 is 0 Å². The number of hydrogen-bond acceptors (Lipinski definition) is 4. The molecular weight excluding hydrogens is 280 g/mol. The summed E-state index contributed by atoms with van der Waals surface area (Å²) in [6.07, 6.45) is 9.03. The predicted octanol–water partition coefficient (Wildman–Crippen LogP) is 3.81. The van der Waals surface area contributed by atoms with Gasteiger partial charge in [0.1, 0.15) is 0 Å². The molecule has 4 heteroatoms. The molecule has 22 heavy (non-hydrogen) atoms. The maximum absolute atomic E-state index is 12.7. The van der Waals surface area contributed by atoms with E-state index in [9.17, 15) is 9.59 Å². The van der Waals surface area contributed by atoms with E-state index in [1.165, 1.54) is 0 Å². The summed E-state index contributed by atoms with van der Waals surface area (Å²) in [7, 11) is 0. The zero-order chi connectivity index (χ0) is 16.6. The summed E-state index contributed by atoms with van der Waals surface area (Å²) in [4.78, 5) is 25.4. The minimum absolute atomic E-state index is 0.171. The van der Waals surface area contributed by atoms with Crippen LogP contribution in [0, 0.1) is 11.3 Å². The lowest BCUT2D eigenvalue weighted by molar-refractivity contribution is -0.175. The van der Waals surface area contributed by atoms with Crippen LogP contribution in [-0.4, -0.2) is 25.2 Å². The Balaban J connectivity index is 3.29. The van der Waals surface area contributed by atoms with Crippen molar-refractivity contribution in [3.05, 3.63) is 23.8 Å². The molecule has 0 aromatic rings. The van der Waals surface area contributed by atoms with Gasteiger partial charge in [0.05, 0.1) is 13.2 Å². The van der Waals surface area contributed by atoms with Crippen molar-refractivity contribution >= 4 is 11.9 Å². The lowest BCUT2D eigenvalue weighted by Crippen LogP contribution is -2.47. The molecule has 0 amide bonds. The second-order valence-electron chi connectivity index (χ2n) is 5.86. The number of allylic oxidation sites excluding steroid dienone is 4. The van der Waals surface area contributed by atoms with E-state index in [2.05, 4.69) is 0 Å². The van der Waals surface area contributed by atoms with Crippen molar-refractivity contribution in [2.24, 2.45) is 11.3 Å². The molecule has 1 rings (SSSR count). The highest BCUT2D eigenvalue weighted by Crippen LogP contribution is 2.41. The first-order chi connectivity index (χ1) is 10.5. The average molecular weight is 308 g/mol. The highest BCUT2D eigenvalue weighted by Gasteiger charge is 2.53. The van der Waals surface area contributed by atoms with Crippen LogP contribution in [0.4, 0.5) is 0 Å². The topological polar surface area (TPSA) is 52.6 Å². The Labute approximate surface area is 133 Å².